The average molecular weight is 293 g/mol. The largest absolute Gasteiger partial charge is 0.466 e. The van der Waals surface area contributed by atoms with Crippen molar-refractivity contribution >= 4 is 11.7 Å². The van der Waals surface area contributed by atoms with Crippen LogP contribution >= 0.6 is 0 Å². The monoisotopic (exact) mass is 293 g/mol. The maximum absolute atomic E-state index is 12.9. The van der Waals surface area contributed by atoms with Crippen LogP contribution in [0.4, 0.5) is 0 Å². The molecule has 2 unspecified atom stereocenters. The number of ether oxygens (including phenoxy) is 1. The Morgan fingerprint density at radius 1 is 1.09 bits per heavy atom. The molecule has 0 spiro atoms. The summed E-state index contributed by atoms with van der Waals surface area (Å²) in [6.07, 6.45) is 0.0633. The molecule has 3 rings (SSSR count). The molecule has 0 bridgehead atoms. The zero-order valence-electron chi connectivity index (χ0n) is 12.8. The van der Waals surface area contributed by atoms with Gasteiger partial charge in [-0.15, -0.1) is 0 Å². The van der Waals surface area contributed by atoms with Crippen molar-refractivity contribution in [1.29, 1.82) is 0 Å². The van der Waals surface area contributed by atoms with Crippen LogP contribution in [0.5, 0.6) is 0 Å². The third-order valence-corrected chi connectivity index (χ3v) is 4.08. The summed E-state index contributed by atoms with van der Waals surface area (Å²) in [4.78, 5) is 17.6. The van der Waals surface area contributed by atoms with Gasteiger partial charge in [-0.2, -0.15) is 0 Å². The van der Waals surface area contributed by atoms with Crippen molar-refractivity contribution in [3.05, 3.63) is 71.8 Å². The summed E-state index contributed by atoms with van der Waals surface area (Å²) in [5, 5.41) is 0. The van der Waals surface area contributed by atoms with Crippen LogP contribution in [0.1, 0.15) is 36.2 Å². The summed E-state index contributed by atoms with van der Waals surface area (Å²) in [7, 11) is 0. The lowest BCUT2D eigenvalue weighted by Crippen LogP contribution is -2.39. The van der Waals surface area contributed by atoms with Crippen LogP contribution in [0.2, 0.25) is 0 Å². The van der Waals surface area contributed by atoms with E-state index in [9.17, 15) is 4.79 Å². The molecule has 112 valence electrons. The Bertz CT molecular complexity index is 694. The third kappa shape index (κ3) is 2.43. The SMILES string of the molecule is CCC1=NC(C)(c2ccccc2)C(C(=O)c2ccccc2)O1. The van der Waals surface area contributed by atoms with Gasteiger partial charge in [0.25, 0.3) is 0 Å². The van der Waals surface area contributed by atoms with Gasteiger partial charge < -0.3 is 4.74 Å². The number of carbonyl (C=O) groups excluding carboxylic acids is 1. The first-order valence-electron chi connectivity index (χ1n) is 7.55. The maximum Gasteiger partial charge on any atom is 0.206 e. The van der Waals surface area contributed by atoms with E-state index in [-0.39, 0.29) is 5.78 Å². The molecule has 0 saturated carbocycles. The molecule has 0 aromatic heterocycles. The number of carbonyl (C=O) groups is 1. The molecule has 0 aliphatic carbocycles. The minimum absolute atomic E-state index is 0.0286. The van der Waals surface area contributed by atoms with Crippen LogP contribution in [0.25, 0.3) is 0 Å². The van der Waals surface area contributed by atoms with E-state index in [1.54, 1.807) is 0 Å². The Hall–Kier alpha value is -2.42. The fourth-order valence-corrected chi connectivity index (χ4v) is 2.81. The van der Waals surface area contributed by atoms with E-state index < -0.39 is 11.6 Å². The van der Waals surface area contributed by atoms with E-state index in [4.69, 9.17) is 9.73 Å². The van der Waals surface area contributed by atoms with Gasteiger partial charge in [-0.1, -0.05) is 67.6 Å². The number of rotatable bonds is 4. The molecule has 3 nitrogen and oxygen atoms in total. The van der Waals surface area contributed by atoms with E-state index >= 15 is 0 Å². The van der Waals surface area contributed by atoms with Gasteiger partial charge in [-0.25, -0.2) is 4.99 Å². The van der Waals surface area contributed by atoms with Gasteiger partial charge >= 0.3 is 0 Å². The van der Waals surface area contributed by atoms with Crippen molar-refractivity contribution < 1.29 is 9.53 Å². The highest BCUT2D eigenvalue weighted by atomic mass is 16.5. The predicted octanol–water partition coefficient (Wildman–Crippen LogP) is 3.99. The lowest BCUT2D eigenvalue weighted by atomic mass is 9.83. The normalized spacial score (nSPS) is 23.7. The van der Waals surface area contributed by atoms with E-state index in [1.165, 1.54) is 0 Å². The summed E-state index contributed by atoms with van der Waals surface area (Å²) in [6, 6.07) is 19.1. The van der Waals surface area contributed by atoms with E-state index in [2.05, 4.69) is 0 Å². The molecule has 1 aliphatic heterocycles. The first-order chi connectivity index (χ1) is 10.6. The first-order valence-corrected chi connectivity index (χ1v) is 7.55. The lowest BCUT2D eigenvalue weighted by Gasteiger charge is -2.27. The molecule has 2 atom stereocenters. The Kier molecular flexibility index (Phi) is 3.80. The van der Waals surface area contributed by atoms with E-state index in [0.29, 0.717) is 17.9 Å². The smallest absolute Gasteiger partial charge is 0.206 e. The van der Waals surface area contributed by atoms with E-state index in [1.807, 2.05) is 74.5 Å². The zero-order valence-corrected chi connectivity index (χ0v) is 12.8. The Balaban J connectivity index is 2.02. The topological polar surface area (TPSA) is 38.7 Å². The second-order valence-electron chi connectivity index (χ2n) is 5.60. The summed E-state index contributed by atoms with van der Waals surface area (Å²) in [6.45, 7) is 3.95. The first kappa shape index (κ1) is 14.5. The molecule has 2 aromatic carbocycles. The number of nitrogens with zero attached hydrogens (tertiary/aromatic N) is 1. The summed E-state index contributed by atoms with van der Waals surface area (Å²) >= 11 is 0. The molecular weight excluding hydrogens is 274 g/mol. The van der Waals surface area contributed by atoms with Crippen molar-refractivity contribution in [2.24, 2.45) is 4.99 Å². The minimum atomic E-state index is -0.681. The van der Waals surface area contributed by atoms with Gasteiger partial charge in [-0.3, -0.25) is 4.79 Å². The van der Waals surface area contributed by atoms with E-state index in [0.717, 1.165) is 5.56 Å². The van der Waals surface area contributed by atoms with Crippen LogP contribution in [0.15, 0.2) is 65.7 Å². The standard InChI is InChI=1S/C19H19NO2/c1-3-16-20-19(2,15-12-8-5-9-13-15)18(22-16)17(21)14-10-6-4-7-11-14/h4-13,18H,3H2,1-2H3. The lowest BCUT2D eigenvalue weighted by molar-refractivity contribution is 0.0690. The zero-order chi connectivity index (χ0) is 15.6. The number of ketones is 1. The molecule has 22 heavy (non-hydrogen) atoms. The molecule has 2 aromatic rings. The van der Waals surface area contributed by atoms with Crippen LogP contribution < -0.4 is 0 Å². The molecule has 0 saturated heterocycles. The van der Waals surface area contributed by atoms with Gasteiger partial charge in [-0.05, 0) is 12.5 Å². The number of benzene rings is 2. The van der Waals surface area contributed by atoms with Crippen LogP contribution in [0, 0.1) is 0 Å². The molecule has 1 heterocycles. The maximum atomic E-state index is 12.9. The average Bonchev–Trinajstić information content (AvgIpc) is 2.94. The van der Waals surface area contributed by atoms with Crippen molar-refractivity contribution in [2.75, 3.05) is 0 Å². The fourth-order valence-electron chi connectivity index (χ4n) is 2.81. The Morgan fingerprint density at radius 2 is 1.68 bits per heavy atom. The third-order valence-electron chi connectivity index (χ3n) is 4.08. The molecule has 0 fully saturated rings. The number of aliphatic imine (C=N–C) groups is 1. The molecule has 0 N–H and O–H groups in total. The van der Waals surface area contributed by atoms with Crippen LogP contribution in [-0.2, 0) is 10.3 Å². The highest BCUT2D eigenvalue weighted by Gasteiger charge is 2.47. The summed E-state index contributed by atoms with van der Waals surface area (Å²) in [5.74, 6) is 0.611. The van der Waals surface area contributed by atoms with Crippen molar-refractivity contribution in [3.63, 3.8) is 0 Å². The molecular formula is C19H19NO2. The quantitative estimate of drug-likeness (QED) is 0.799. The highest BCUT2D eigenvalue weighted by Crippen LogP contribution is 2.38. The summed E-state index contributed by atoms with van der Waals surface area (Å²) in [5.41, 5.74) is 0.967. The molecule has 0 radical (unpaired) electrons. The second-order valence-corrected chi connectivity index (χ2v) is 5.60. The fraction of sp³-hybridized carbons (Fsp3) is 0.263. The Labute approximate surface area is 130 Å². The Morgan fingerprint density at radius 3 is 2.27 bits per heavy atom. The van der Waals surface area contributed by atoms with Gasteiger partial charge in [0, 0.05) is 12.0 Å². The van der Waals surface area contributed by atoms with Crippen LogP contribution in [0.3, 0.4) is 0 Å². The van der Waals surface area contributed by atoms with Gasteiger partial charge in [0.1, 0.15) is 5.54 Å². The minimum Gasteiger partial charge on any atom is -0.466 e. The van der Waals surface area contributed by atoms with Crippen molar-refractivity contribution in [1.82, 2.24) is 0 Å². The van der Waals surface area contributed by atoms with Crippen LogP contribution in [-0.4, -0.2) is 17.8 Å². The second kappa shape index (κ2) is 5.76. The van der Waals surface area contributed by atoms with Gasteiger partial charge in [0.2, 0.25) is 5.78 Å². The molecule has 1 aliphatic rings. The van der Waals surface area contributed by atoms with Gasteiger partial charge in [0.05, 0.1) is 0 Å². The highest BCUT2D eigenvalue weighted by molar-refractivity contribution is 6.02. The van der Waals surface area contributed by atoms with Crippen molar-refractivity contribution in [3.8, 4) is 0 Å². The molecule has 3 heteroatoms. The predicted molar refractivity (Wildman–Crippen MR) is 87.2 cm³/mol. The van der Waals surface area contributed by atoms with Crippen molar-refractivity contribution in [2.45, 2.75) is 31.9 Å². The summed E-state index contributed by atoms with van der Waals surface area (Å²) < 4.78 is 5.90. The van der Waals surface area contributed by atoms with Gasteiger partial charge in [0.15, 0.2) is 12.0 Å². The number of hydrogen-bond acceptors (Lipinski definition) is 3. The molecule has 0 amide bonds. The number of Topliss-reactive ketones (excluding diaryl/α,β-unsaturated/α-hetero) is 1. The number of hydrogen-bond donors (Lipinski definition) is 0.